The number of aromatic nitrogens is 4. The third-order valence-corrected chi connectivity index (χ3v) is 4.79. The Hall–Kier alpha value is -1.89. The fourth-order valence-corrected chi connectivity index (χ4v) is 3.57. The van der Waals surface area contributed by atoms with Gasteiger partial charge in [-0.05, 0) is 36.3 Å². The molecule has 1 aromatic carbocycles. The lowest BCUT2D eigenvalue weighted by molar-refractivity contribution is -0.115. The van der Waals surface area contributed by atoms with Crippen molar-refractivity contribution in [3.63, 3.8) is 0 Å². The minimum absolute atomic E-state index is 0.0830. The van der Waals surface area contributed by atoms with E-state index in [1.807, 2.05) is 24.3 Å². The minimum Gasteiger partial charge on any atom is -0.325 e. The Bertz CT molecular complexity index is 595. The first-order valence-corrected chi connectivity index (χ1v) is 8.10. The number of rotatable bonds is 4. The summed E-state index contributed by atoms with van der Waals surface area (Å²) in [6.07, 6.45) is 3.93. The first kappa shape index (κ1) is 14.1. The molecule has 0 saturated carbocycles. The molecule has 0 bridgehead atoms. The summed E-state index contributed by atoms with van der Waals surface area (Å²) in [5, 5.41) is 16.9. The first-order valence-electron chi connectivity index (χ1n) is 7.05. The van der Waals surface area contributed by atoms with Gasteiger partial charge in [-0.1, -0.05) is 23.8 Å². The molecule has 6 nitrogen and oxygen atoms in total. The maximum absolute atomic E-state index is 12.2. The Labute approximate surface area is 127 Å². The number of tetrazole rings is 1. The number of carbonyl (C=O) groups is 1. The molecule has 1 amide bonds. The van der Waals surface area contributed by atoms with E-state index in [0.717, 1.165) is 29.8 Å². The fourth-order valence-electron chi connectivity index (χ4n) is 2.37. The van der Waals surface area contributed by atoms with Gasteiger partial charge in [0.05, 0.1) is 5.25 Å². The maximum atomic E-state index is 12.2. The summed E-state index contributed by atoms with van der Waals surface area (Å²) in [6, 6.07) is 7.79. The van der Waals surface area contributed by atoms with Crippen LogP contribution in [0.3, 0.4) is 0 Å². The van der Waals surface area contributed by atoms with Crippen LogP contribution in [-0.2, 0) is 11.2 Å². The highest BCUT2D eigenvalue weighted by molar-refractivity contribution is 8.00. The second kappa shape index (κ2) is 6.71. The molecule has 21 heavy (non-hydrogen) atoms. The van der Waals surface area contributed by atoms with Crippen LogP contribution in [0.25, 0.3) is 0 Å². The van der Waals surface area contributed by atoms with E-state index < -0.39 is 0 Å². The van der Waals surface area contributed by atoms with E-state index >= 15 is 0 Å². The molecule has 0 spiro atoms. The van der Waals surface area contributed by atoms with Crippen LogP contribution in [0.2, 0.25) is 0 Å². The van der Waals surface area contributed by atoms with Crippen molar-refractivity contribution in [3.05, 3.63) is 35.7 Å². The number of hydrogen-bond donors (Lipinski definition) is 2. The van der Waals surface area contributed by atoms with E-state index in [0.29, 0.717) is 12.2 Å². The zero-order valence-electron chi connectivity index (χ0n) is 11.6. The van der Waals surface area contributed by atoms with E-state index in [2.05, 4.69) is 25.9 Å². The molecule has 2 aromatic rings. The number of benzene rings is 1. The first-order chi connectivity index (χ1) is 10.3. The SMILES string of the molecule is O=C(Nc1cccc(Cc2nn[nH]n2)c1)C1CCCCS1. The summed E-state index contributed by atoms with van der Waals surface area (Å²) in [7, 11) is 0. The zero-order chi connectivity index (χ0) is 14.5. The number of nitrogens with one attached hydrogen (secondary N) is 2. The third-order valence-electron chi connectivity index (χ3n) is 3.42. The number of amides is 1. The molecule has 1 fully saturated rings. The number of anilines is 1. The Morgan fingerprint density at radius 1 is 1.43 bits per heavy atom. The van der Waals surface area contributed by atoms with E-state index in [9.17, 15) is 4.79 Å². The molecular weight excluding hydrogens is 286 g/mol. The Kier molecular flexibility index (Phi) is 4.49. The smallest absolute Gasteiger partial charge is 0.237 e. The van der Waals surface area contributed by atoms with E-state index in [1.165, 1.54) is 6.42 Å². The summed E-state index contributed by atoms with van der Waals surface area (Å²) >= 11 is 1.75. The van der Waals surface area contributed by atoms with E-state index in [1.54, 1.807) is 11.8 Å². The van der Waals surface area contributed by atoms with Gasteiger partial charge in [0.2, 0.25) is 5.91 Å². The Morgan fingerprint density at radius 2 is 2.38 bits per heavy atom. The van der Waals surface area contributed by atoms with Crippen LogP contribution in [0, 0.1) is 0 Å². The molecule has 7 heteroatoms. The van der Waals surface area contributed by atoms with Crippen molar-refractivity contribution in [1.29, 1.82) is 0 Å². The number of H-pyrrole nitrogens is 1. The summed E-state index contributed by atoms with van der Waals surface area (Å²) < 4.78 is 0. The molecule has 2 N–H and O–H groups in total. The fraction of sp³-hybridized carbons (Fsp3) is 0.429. The number of carbonyl (C=O) groups excluding carboxylic acids is 1. The zero-order valence-corrected chi connectivity index (χ0v) is 12.4. The van der Waals surface area contributed by atoms with Gasteiger partial charge in [0.25, 0.3) is 0 Å². The van der Waals surface area contributed by atoms with Crippen LogP contribution in [0.1, 0.15) is 30.7 Å². The molecule has 3 rings (SSSR count). The molecule has 1 aliphatic rings. The second-order valence-corrected chi connectivity index (χ2v) is 6.36. The molecule has 1 aliphatic heterocycles. The number of thioether (sulfide) groups is 1. The van der Waals surface area contributed by atoms with Crippen molar-refractivity contribution < 1.29 is 4.79 Å². The van der Waals surface area contributed by atoms with Gasteiger partial charge in [-0.15, -0.1) is 22.0 Å². The van der Waals surface area contributed by atoms with Crippen LogP contribution in [0.5, 0.6) is 0 Å². The lowest BCUT2D eigenvalue weighted by Gasteiger charge is -2.20. The van der Waals surface area contributed by atoms with Gasteiger partial charge in [0.15, 0.2) is 5.82 Å². The van der Waals surface area contributed by atoms with Crippen molar-refractivity contribution in [2.45, 2.75) is 30.9 Å². The van der Waals surface area contributed by atoms with Crippen LogP contribution in [-0.4, -0.2) is 37.5 Å². The predicted molar refractivity (Wildman–Crippen MR) is 82.2 cm³/mol. The molecular formula is C14H17N5OS. The molecule has 110 valence electrons. The molecule has 1 atom stereocenters. The Morgan fingerprint density at radius 3 is 3.14 bits per heavy atom. The van der Waals surface area contributed by atoms with Crippen molar-refractivity contribution in [3.8, 4) is 0 Å². The summed E-state index contributed by atoms with van der Waals surface area (Å²) in [5.74, 6) is 1.83. The second-order valence-electron chi connectivity index (χ2n) is 5.05. The van der Waals surface area contributed by atoms with E-state index in [-0.39, 0.29) is 11.2 Å². The molecule has 0 aliphatic carbocycles. The van der Waals surface area contributed by atoms with E-state index in [4.69, 9.17) is 0 Å². The van der Waals surface area contributed by atoms with Crippen LogP contribution >= 0.6 is 11.8 Å². The van der Waals surface area contributed by atoms with Crippen molar-refractivity contribution >= 4 is 23.4 Å². The molecule has 2 heterocycles. The third kappa shape index (κ3) is 3.81. The highest BCUT2D eigenvalue weighted by Gasteiger charge is 2.21. The monoisotopic (exact) mass is 303 g/mol. The van der Waals surface area contributed by atoms with Gasteiger partial charge >= 0.3 is 0 Å². The number of hydrogen-bond acceptors (Lipinski definition) is 5. The van der Waals surface area contributed by atoms with Crippen molar-refractivity contribution in [2.24, 2.45) is 0 Å². The highest BCUT2D eigenvalue weighted by atomic mass is 32.2. The number of nitrogens with zero attached hydrogens (tertiary/aromatic N) is 3. The van der Waals surface area contributed by atoms with Gasteiger partial charge < -0.3 is 5.32 Å². The molecule has 1 saturated heterocycles. The molecule has 0 radical (unpaired) electrons. The van der Waals surface area contributed by atoms with Crippen LogP contribution in [0.4, 0.5) is 5.69 Å². The van der Waals surface area contributed by atoms with Gasteiger partial charge in [-0.3, -0.25) is 4.79 Å². The summed E-state index contributed by atoms with van der Waals surface area (Å²) in [4.78, 5) is 12.2. The Balaban J connectivity index is 1.63. The van der Waals surface area contributed by atoms with Crippen LogP contribution in [0.15, 0.2) is 24.3 Å². The summed E-state index contributed by atoms with van der Waals surface area (Å²) in [5.41, 5.74) is 1.87. The summed E-state index contributed by atoms with van der Waals surface area (Å²) in [6.45, 7) is 0. The van der Waals surface area contributed by atoms with Crippen molar-refractivity contribution in [2.75, 3.05) is 11.1 Å². The van der Waals surface area contributed by atoms with Gasteiger partial charge in [0, 0.05) is 12.1 Å². The quantitative estimate of drug-likeness (QED) is 0.902. The van der Waals surface area contributed by atoms with Gasteiger partial charge in [0.1, 0.15) is 0 Å². The lowest BCUT2D eigenvalue weighted by atomic mass is 10.1. The molecule has 1 unspecified atom stereocenters. The average Bonchev–Trinajstić information content (AvgIpc) is 3.01. The normalized spacial score (nSPS) is 18.4. The number of aromatic amines is 1. The highest BCUT2D eigenvalue weighted by Crippen LogP contribution is 2.26. The largest absolute Gasteiger partial charge is 0.325 e. The maximum Gasteiger partial charge on any atom is 0.237 e. The minimum atomic E-state index is 0.0830. The van der Waals surface area contributed by atoms with Crippen LogP contribution < -0.4 is 5.32 Å². The van der Waals surface area contributed by atoms with Gasteiger partial charge in [-0.2, -0.15) is 5.21 Å². The molecule has 1 aromatic heterocycles. The standard InChI is InChI=1S/C14H17N5OS/c20-14(12-6-1-2-7-21-12)15-11-5-3-4-10(8-11)9-13-16-18-19-17-13/h3-5,8,12H,1-2,6-7,9H2,(H,15,20)(H,16,17,18,19). The average molecular weight is 303 g/mol. The lowest BCUT2D eigenvalue weighted by Crippen LogP contribution is -2.27. The predicted octanol–water partition coefficient (Wildman–Crippen LogP) is 2.01. The van der Waals surface area contributed by atoms with Gasteiger partial charge in [-0.25, -0.2) is 0 Å². The van der Waals surface area contributed by atoms with Crippen molar-refractivity contribution in [1.82, 2.24) is 20.6 Å². The topological polar surface area (TPSA) is 83.6 Å².